The molecule has 0 atom stereocenters. The number of nitrogens with zero attached hydrogens (tertiary/aromatic N) is 1. The SMILES string of the molecule is Cc1ccc(F)c(Oc2nc(C)c(C(=O)O)s2)c1F. The third-order valence-electron chi connectivity index (χ3n) is 2.40. The molecular formula is C12H9F2NO3S. The van der Waals surface area contributed by atoms with E-state index in [1.54, 1.807) is 0 Å². The minimum atomic E-state index is -1.16. The van der Waals surface area contributed by atoms with Gasteiger partial charge in [-0.3, -0.25) is 0 Å². The summed E-state index contributed by atoms with van der Waals surface area (Å²) >= 11 is 0.719. The Morgan fingerprint density at radius 2 is 2.05 bits per heavy atom. The van der Waals surface area contributed by atoms with Crippen LogP contribution in [0.1, 0.15) is 20.9 Å². The van der Waals surface area contributed by atoms with Gasteiger partial charge in [0.15, 0.2) is 11.6 Å². The van der Waals surface area contributed by atoms with Crippen LogP contribution in [0.2, 0.25) is 0 Å². The van der Waals surface area contributed by atoms with Crippen molar-refractivity contribution in [2.45, 2.75) is 13.8 Å². The maximum absolute atomic E-state index is 13.7. The molecule has 0 saturated heterocycles. The van der Waals surface area contributed by atoms with Crippen molar-refractivity contribution in [2.75, 3.05) is 0 Å². The number of hydrogen-bond acceptors (Lipinski definition) is 4. The second-order valence-electron chi connectivity index (χ2n) is 3.81. The van der Waals surface area contributed by atoms with Gasteiger partial charge in [0.05, 0.1) is 5.69 Å². The Morgan fingerprint density at radius 1 is 1.37 bits per heavy atom. The average Bonchev–Trinajstić information content (AvgIpc) is 2.71. The molecule has 0 aliphatic heterocycles. The highest BCUT2D eigenvalue weighted by atomic mass is 32.1. The number of aromatic carboxylic acids is 1. The quantitative estimate of drug-likeness (QED) is 0.937. The van der Waals surface area contributed by atoms with Crippen molar-refractivity contribution in [3.05, 3.63) is 39.9 Å². The second kappa shape index (κ2) is 4.93. The summed E-state index contributed by atoms with van der Waals surface area (Å²) in [5, 5.41) is 8.75. The molecule has 19 heavy (non-hydrogen) atoms. The highest BCUT2D eigenvalue weighted by Crippen LogP contribution is 2.33. The van der Waals surface area contributed by atoms with Crippen molar-refractivity contribution >= 4 is 17.3 Å². The molecule has 100 valence electrons. The predicted octanol–water partition coefficient (Wildman–Crippen LogP) is 3.53. The zero-order chi connectivity index (χ0) is 14.2. The lowest BCUT2D eigenvalue weighted by Crippen LogP contribution is -1.94. The first-order chi connectivity index (χ1) is 8.90. The van der Waals surface area contributed by atoms with E-state index in [4.69, 9.17) is 9.84 Å². The van der Waals surface area contributed by atoms with Crippen LogP contribution in [0.3, 0.4) is 0 Å². The van der Waals surface area contributed by atoms with Crippen LogP contribution in [-0.4, -0.2) is 16.1 Å². The van der Waals surface area contributed by atoms with Gasteiger partial charge in [0.2, 0.25) is 5.75 Å². The lowest BCUT2D eigenvalue weighted by Gasteiger charge is -2.06. The summed E-state index contributed by atoms with van der Waals surface area (Å²) in [6.45, 7) is 2.95. The zero-order valence-electron chi connectivity index (χ0n) is 10.0. The van der Waals surface area contributed by atoms with Crippen LogP contribution in [0, 0.1) is 25.5 Å². The van der Waals surface area contributed by atoms with Crippen molar-refractivity contribution in [3.8, 4) is 10.9 Å². The van der Waals surface area contributed by atoms with Gasteiger partial charge in [-0.05, 0) is 25.5 Å². The van der Waals surface area contributed by atoms with Gasteiger partial charge in [-0.1, -0.05) is 17.4 Å². The summed E-state index contributed by atoms with van der Waals surface area (Å²) in [6.07, 6.45) is 0. The van der Waals surface area contributed by atoms with Crippen LogP contribution >= 0.6 is 11.3 Å². The molecule has 7 heteroatoms. The Balaban J connectivity index is 2.39. The molecule has 0 aliphatic rings. The molecule has 2 aromatic rings. The Labute approximate surface area is 111 Å². The minimum Gasteiger partial charge on any atom is -0.477 e. The fourth-order valence-corrected chi connectivity index (χ4v) is 2.19. The van der Waals surface area contributed by atoms with Gasteiger partial charge in [-0.2, -0.15) is 0 Å². The summed E-state index contributed by atoms with van der Waals surface area (Å²) < 4.78 is 32.2. The minimum absolute atomic E-state index is 0.0246. The van der Waals surface area contributed by atoms with E-state index in [1.165, 1.54) is 19.9 Å². The molecule has 1 N–H and O–H groups in total. The largest absolute Gasteiger partial charge is 0.477 e. The summed E-state index contributed by atoms with van der Waals surface area (Å²) in [4.78, 5) is 14.6. The molecule has 0 bridgehead atoms. The van der Waals surface area contributed by atoms with E-state index in [0.29, 0.717) is 0 Å². The van der Waals surface area contributed by atoms with Crippen LogP contribution in [0.15, 0.2) is 12.1 Å². The zero-order valence-corrected chi connectivity index (χ0v) is 10.8. The Bertz CT molecular complexity index is 655. The van der Waals surface area contributed by atoms with Crippen molar-refractivity contribution in [1.82, 2.24) is 4.98 Å². The number of aromatic nitrogens is 1. The Hall–Kier alpha value is -2.02. The molecule has 4 nitrogen and oxygen atoms in total. The lowest BCUT2D eigenvalue weighted by atomic mass is 10.2. The highest BCUT2D eigenvalue weighted by molar-refractivity contribution is 7.15. The van der Waals surface area contributed by atoms with Crippen LogP contribution in [0.25, 0.3) is 0 Å². The molecular weight excluding hydrogens is 276 g/mol. The van der Waals surface area contributed by atoms with Crippen LogP contribution in [0.5, 0.6) is 10.9 Å². The smallest absolute Gasteiger partial charge is 0.347 e. The number of benzene rings is 1. The number of thiazole rings is 1. The number of carboxylic acids is 1. The van der Waals surface area contributed by atoms with Crippen LogP contribution in [-0.2, 0) is 0 Å². The van der Waals surface area contributed by atoms with Gasteiger partial charge in [0, 0.05) is 0 Å². The van der Waals surface area contributed by atoms with E-state index < -0.39 is 23.4 Å². The summed E-state index contributed by atoms with van der Waals surface area (Å²) in [5.41, 5.74) is 0.462. The van der Waals surface area contributed by atoms with Gasteiger partial charge < -0.3 is 9.84 Å². The normalized spacial score (nSPS) is 10.5. The van der Waals surface area contributed by atoms with E-state index in [2.05, 4.69) is 4.98 Å². The summed E-state index contributed by atoms with van der Waals surface area (Å²) in [7, 11) is 0. The molecule has 2 rings (SSSR count). The Morgan fingerprint density at radius 3 is 2.63 bits per heavy atom. The number of halogens is 2. The maximum Gasteiger partial charge on any atom is 0.347 e. The molecule has 0 aliphatic carbocycles. The van der Waals surface area contributed by atoms with E-state index in [0.717, 1.165) is 17.4 Å². The van der Waals surface area contributed by atoms with Crippen molar-refractivity contribution in [3.63, 3.8) is 0 Å². The van der Waals surface area contributed by atoms with Gasteiger partial charge in [-0.25, -0.2) is 18.6 Å². The number of carboxylic acid groups (broad SMARTS) is 1. The first-order valence-corrected chi connectivity index (χ1v) is 6.05. The number of ether oxygens (including phenoxy) is 1. The molecule has 1 aromatic carbocycles. The lowest BCUT2D eigenvalue weighted by molar-refractivity contribution is 0.0701. The number of rotatable bonds is 3. The number of aryl methyl sites for hydroxylation is 2. The van der Waals surface area contributed by atoms with Crippen LogP contribution in [0.4, 0.5) is 8.78 Å². The molecule has 0 radical (unpaired) electrons. The maximum atomic E-state index is 13.7. The molecule has 1 heterocycles. The fourth-order valence-electron chi connectivity index (χ4n) is 1.43. The summed E-state index contributed by atoms with van der Waals surface area (Å²) in [6, 6.07) is 2.36. The summed E-state index contributed by atoms with van der Waals surface area (Å²) in [5.74, 6) is -3.43. The monoisotopic (exact) mass is 285 g/mol. The standard InChI is InChI=1S/C12H9F2NO3S/c1-5-3-4-7(13)9(8(5)14)18-12-15-6(2)10(19-12)11(16)17/h3-4H,1-2H3,(H,16,17). The number of hydrogen-bond donors (Lipinski definition) is 1. The molecule has 0 unspecified atom stereocenters. The molecule has 0 amide bonds. The van der Waals surface area contributed by atoms with E-state index in [1.807, 2.05) is 0 Å². The average molecular weight is 285 g/mol. The predicted molar refractivity (Wildman–Crippen MR) is 65.0 cm³/mol. The Kier molecular flexibility index (Phi) is 3.48. The van der Waals surface area contributed by atoms with Gasteiger partial charge in [-0.15, -0.1) is 0 Å². The van der Waals surface area contributed by atoms with Crippen molar-refractivity contribution in [2.24, 2.45) is 0 Å². The second-order valence-corrected chi connectivity index (χ2v) is 4.77. The molecule has 0 saturated carbocycles. The van der Waals surface area contributed by atoms with E-state index >= 15 is 0 Å². The van der Waals surface area contributed by atoms with E-state index in [-0.39, 0.29) is 21.3 Å². The first-order valence-electron chi connectivity index (χ1n) is 5.23. The first kappa shape index (κ1) is 13.4. The van der Waals surface area contributed by atoms with Gasteiger partial charge in [0.1, 0.15) is 4.88 Å². The number of carbonyl (C=O) groups is 1. The third-order valence-corrected chi connectivity index (χ3v) is 3.43. The van der Waals surface area contributed by atoms with Crippen LogP contribution < -0.4 is 4.74 Å². The van der Waals surface area contributed by atoms with Gasteiger partial charge in [0.25, 0.3) is 5.19 Å². The highest BCUT2D eigenvalue weighted by Gasteiger charge is 2.19. The van der Waals surface area contributed by atoms with Crippen molar-refractivity contribution in [1.29, 1.82) is 0 Å². The molecule has 1 aromatic heterocycles. The fraction of sp³-hybridized carbons (Fsp3) is 0.167. The molecule has 0 spiro atoms. The van der Waals surface area contributed by atoms with Crippen molar-refractivity contribution < 1.29 is 23.4 Å². The molecule has 0 fully saturated rings. The van der Waals surface area contributed by atoms with Gasteiger partial charge >= 0.3 is 5.97 Å². The topological polar surface area (TPSA) is 59.4 Å². The third kappa shape index (κ3) is 2.55. The van der Waals surface area contributed by atoms with E-state index in [9.17, 15) is 13.6 Å².